The SMILES string of the molecule is CCNCc1cc(NCC(C)OC)nc(C(C)(C)C)c1. The minimum atomic E-state index is 0.0471. The zero-order valence-electron chi connectivity index (χ0n) is 13.7. The lowest BCUT2D eigenvalue weighted by molar-refractivity contribution is 0.128. The topological polar surface area (TPSA) is 46.2 Å². The van der Waals surface area contributed by atoms with Gasteiger partial charge in [-0.05, 0) is 31.2 Å². The highest BCUT2D eigenvalue weighted by molar-refractivity contribution is 5.41. The molecule has 114 valence electrons. The maximum atomic E-state index is 5.26. The first kappa shape index (κ1) is 16.9. The van der Waals surface area contributed by atoms with Gasteiger partial charge in [-0.15, -0.1) is 0 Å². The lowest BCUT2D eigenvalue weighted by atomic mass is 9.90. The number of rotatable bonds is 7. The van der Waals surface area contributed by atoms with E-state index in [2.05, 4.69) is 50.5 Å². The van der Waals surface area contributed by atoms with Crippen molar-refractivity contribution in [3.8, 4) is 0 Å². The Labute approximate surface area is 123 Å². The molecule has 4 nitrogen and oxygen atoms in total. The number of anilines is 1. The van der Waals surface area contributed by atoms with Crippen molar-refractivity contribution in [2.24, 2.45) is 0 Å². The Balaban J connectivity index is 2.91. The standard InChI is InChI=1S/C16H29N3O/c1-7-17-11-13-8-14(16(3,4)5)19-15(9-13)18-10-12(2)20-6/h8-9,12,17H,7,10-11H2,1-6H3,(H,18,19). The molecular weight excluding hydrogens is 250 g/mol. The first-order chi connectivity index (χ1) is 9.36. The molecule has 20 heavy (non-hydrogen) atoms. The second-order valence-corrected chi connectivity index (χ2v) is 6.20. The van der Waals surface area contributed by atoms with Crippen molar-refractivity contribution in [3.63, 3.8) is 0 Å². The molecule has 0 aliphatic heterocycles. The minimum Gasteiger partial charge on any atom is -0.380 e. The molecule has 0 radical (unpaired) electrons. The van der Waals surface area contributed by atoms with Crippen LogP contribution >= 0.6 is 0 Å². The highest BCUT2D eigenvalue weighted by atomic mass is 16.5. The van der Waals surface area contributed by atoms with Crippen LogP contribution in [0.5, 0.6) is 0 Å². The Morgan fingerprint density at radius 2 is 2.00 bits per heavy atom. The van der Waals surface area contributed by atoms with E-state index >= 15 is 0 Å². The van der Waals surface area contributed by atoms with Crippen LogP contribution < -0.4 is 10.6 Å². The van der Waals surface area contributed by atoms with Gasteiger partial charge in [-0.3, -0.25) is 0 Å². The molecule has 4 heteroatoms. The molecule has 0 aliphatic rings. The van der Waals surface area contributed by atoms with E-state index in [4.69, 9.17) is 9.72 Å². The smallest absolute Gasteiger partial charge is 0.126 e. The summed E-state index contributed by atoms with van der Waals surface area (Å²) >= 11 is 0. The molecule has 1 heterocycles. The fourth-order valence-corrected chi connectivity index (χ4v) is 1.77. The number of hydrogen-bond acceptors (Lipinski definition) is 4. The van der Waals surface area contributed by atoms with Crippen LogP contribution in [0.25, 0.3) is 0 Å². The quantitative estimate of drug-likeness (QED) is 0.805. The van der Waals surface area contributed by atoms with Crippen LogP contribution in [-0.2, 0) is 16.7 Å². The fraction of sp³-hybridized carbons (Fsp3) is 0.688. The molecule has 1 aromatic heterocycles. The van der Waals surface area contributed by atoms with Gasteiger partial charge in [-0.2, -0.15) is 0 Å². The van der Waals surface area contributed by atoms with Gasteiger partial charge in [0.2, 0.25) is 0 Å². The van der Waals surface area contributed by atoms with E-state index in [0.29, 0.717) is 0 Å². The molecule has 0 fully saturated rings. The first-order valence-corrected chi connectivity index (χ1v) is 7.35. The molecule has 2 N–H and O–H groups in total. The summed E-state index contributed by atoms with van der Waals surface area (Å²) in [5.41, 5.74) is 2.42. The molecule has 0 amide bonds. The van der Waals surface area contributed by atoms with Crippen molar-refractivity contribution in [2.75, 3.05) is 25.5 Å². The first-order valence-electron chi connectivity index (χ1n) is 7.35. The Morgan fingerprint density at radius 1 is 1.30 bits per heavy atom. The maximum absolute atomic E-state index is 5.26. The van der Waals surface area contributed by atoms with Crippen molar-refractivity contribution < 1.29 is 4.74 Å². The average Bonchev–Trinajstić information content (AvgIpc) is 2.41. The van der Waals surface area contributed by atoms with Crippen LogP contribution in [0.2, 0.25) is 0 Å². The third-order valence-corrected chi connectivity index (χ3v) is 3.21. The van der Waals surface area contributed by atoms with Crippen LogP contribution in [0.15, 0.2) is 12.1 Å². The van der Waals surface area contributed by atoms with E-state index < -0.39 is 0 Å². The summed E-state index contributed by atoms with van der Waals surface area (Å²) < 4.78 is 5.26. The average molecular weight is 279 g/mol. The number of aromatic nitrogens is 1. The monoisotopic (exact) mass is 279 g/mol. The molecule has 1 rings (SSSR count). The fourth-order valence-electron chi connectivity index (χ4n) is 1.77. The number of ether oxygens (including phenoxy) is 1. The van der Waals surface area contributed by atoms with E-state index in [9.17, 15) is 0 Å². The molecule has 0 aromatic carbocycles. The highest BCUT2D eigenvalue weighted by Gasteiger charge is 2.17. The second-order valence-electron chi connectivity index (χ2n) is 6.20. The molecule has 0 saturated carbocycles. The van der Waals surface area contributed by atoms with Gasteiger partial charge >= 0.3 is 0 Å². The van der Waals surface area contributed by atoms with Gasteiger partial charge in [-0.1, -0.05) is 27.7 Å². The molecule has 0 aliphatic carbocycles. The van der Waals surface area contributed by atoms with E-state index in [1.165, 1.54) is 5.56 Å². The van der Waals surface area contributed by atoms with Gasteiger partial charge < -0.3 is 15.4 Å². The predicted molar refractivity (Wildman–Crippen MR) is 85.3 cm³/mol. The summed E-state index contributed by atoms with van der Waals surface area (Å²) in [4.78, 5) is 4.72. The van der Waals surface area contributed by atoms with E-state index in [1.54, 1.807) is 7.11 Å². The third-order valence-electron chi connectivity index (χ3n) is 3.21. The maximum Gasteiger partial charge on any atom is 0.126 e. The van der Waals surface area contributed by atoms with Gasteiger partial charge in [0.05, 0.1) is 6.10 Å². The Kier molecular flexibility index (Phi) is 6.43. The zero-order valence-corrected chi connectivity index (χ0v) is 13.7. The van der Waals surface area contributed by atoms with Gasteiger partial charge in [0.1, 0.15) is 5.82 Å². The van der Waals surface area contributed by atoms with Gasteiger partial charge in [0.15, 0.2) is 0 Å². The summed E-state index contributed by atoms with van der Waals surface area (Å²) in [5, 5.41) is 6.73. The lowest BCUT2D eigenvalue weighted by Gasteiger charge is -2.21. The number of methoxy groups -OCH3 is 1. The van der Waals surface area contributed by atoms with Crippen molar-refractivity contribution in [2.45, 2.75) is 52.7 Å². The molecule has 0 bridgehead atoms. The number of nitrogens with zero attached hydrogens (tertiary/aromatic N) is 1. The molecular formula is C16H29N3O. The van der Waals surface area contributed by atoms with Crippen LogP contribution in [0, 0.1) is 0 Å². The van der Waals surface area contributed by atoms with E-state index in [-0.39, 0.29) is 11.5 Å². The second kappa shape index (κ2) is 7.60. The van der Waals surface area contributed by atoms with Crippen molar-refractivity contribution in [3.05, 3.63) is 23.4 Å². The van der Waals surface area contributed by atoms with Crippen molar-refractivity contribution in [1.82, 2.24) is 10.3 Å². The summed E-state index contributed by atoms with van der Waals surface area (Å²) in [6.07, 6.45) is 0.173. The van der Waals surface area contributed by atoms with Gasteiger partial charge in [0, 0.05) is 31.3 Å². The van der Waals surface area contributed by atoms with Gasteiger partial charge in [-0.25, -0.2) is 4.98 Å². The molecule has 0 spiro atoms. The molecule has 1 unspecified atom stereocenters. The largest absolute Gasteiger partial charge is 0.380 e. The normalized spacial score (nSPS) is 13.3. The summed E-state index contributed by atoms with van der Waals surface area (Å²) in [6, 6.07) is 4.30. The molecule has 1 aromatic rings. The van der Waals surface area contributed by atoms with Crippen molar-refractivity contribution in [1.29, 1.82) is 0 Å². The summed E-state index contributed by atoms with van der Waals surface area (Å²) in [6.45, 7) is 13.3. The molecule has 1 atom stereocenters. The predicted octanol–water partition coefficient (Wildman–Crippen LogP) is 2.94. The van der Waals surface area contributed by atoms with Crippen LogP contribution in [0.4, 0.5) is 5.82 Å². The Hall–Kier alpha value is -1.13. The highest BCUT2D eigenvalue weighted by Crippen LogP contribution is 2.23. The van der Waals surface area contributed by atoms with Crippen LogP contribution in [0.1, 0.15) is 45.9 Å². The lowest BCUT2D eigenvalue weighted by Crippen LogP contribution is -2.21. The third kappa shape index (κ3) is 5.47. The Bertz CT molecular complexity index is 413. The Morgan fingerprint density at radius 3 is 2.55 bits per heavy atom. The zero-order chi connectivity index (χ0) is 15.2. The number of hydrogen-bond donors (Lipinski definition) is 2. The summed E-state index contributed by atoms with van der Waals surface area (Å²) in [7, 11) is 1.72. The van der Waals surface area contributed by atoms with Crippen LogP contribution in [0.3, 0.4) is 0 Å². The number of nitrogens with one attached hydrogen (secondary N) is 2. The molecule has 0 saturated heterocycles. The minimum absolute atomic E-state index is 0.0471. The van der Waals surface area contributed by atoms with Gasteiger partial charge in [0.25, 0.3) is 0 Å². The van der Waals surface area contributed by atoms with E-state index in [1.807, 2.05) is 6.92 Å². The summed E-state index contributed by atoms with van der Waals surface area (Å²) in [5.74, 6) is 0.925. The van der Waals surface area contributed by atoms with Crippen LogP contribution in [-0.4, -0.2) is 31.3 Å². The number of pyridine rings is 1. The van der Waals surface area contributed by atoms with Crippen molar-refractivity contribution >= 4 is 5.82 Å². The van der Waals surface area contributed by atoms with E-state index in [0.717, 1.165) is 31.1 Å².